The number of nitrogens with zero attached hydrogens (tertiary/aromatic N) is 4. The van der Waals surface area contributed by atoms with Gasteiger partial charge in [-0.1, -0.05) is 0 Å². The third kappa shape index (κ3) is 2.88. The van der Waals surface area contributed by atoms with E-state index in [2.05, 4.69) is 25.6 Å². The summed E-state index contributed by atoms with van der Waals surface area (Å²) in [4.78, 5) is 24.6. The third-order valence-electron chi connectivity index (χ3n) is 3.27. The van der Waals surface area contributed by atoms with Gasteiger partial charge < -0.3 is 26.0 Å². The van der Waals surface area contributed by atoms with Crippen LogP contribution in [0.5, 0.6) is 0 Å². The van der Waals surface area contributed by atoms with Crippen LogP contribution in [0.3, 0.4) is 0 Å². The Labute approximate surface area is 135 Å². The lowest BCUT2D eigenvalue weighted by atomic mass is 10.2. The van der Waals surface area contributed by atoms with Crippen molar-refractivity contribution in [3.05, 3.63) is 47.3 Å². The monoisotopic (exact) mass is 330 g/mol. The molecule has 0 unspecified atom stereocenters. The molecule has 0 aliphatic carbocycles. The number of pyridine rings is 2. The fourth-order valence-electron chi connectivity index (χ4n) is 2.24. The lowest BCUT2D eigenvalue weighted by Crippen LogP contribution is -2.40. The smallest absolute Gasteiger partial charge is 0.372 e. The molecule has 0 aliphatic rings. The molecule has 0 atom stereocenters. The molecular weight excluding hydrogens is 316 g/mol. The van der Waals surface area contributed by atoms with Crippen molar-refractivity contribution in [2.24, 2.45) is 0 Å². The molecule has 3 rings (SSSR count). The van der Waals surface area contributed by atoms with Gasteiger partial charge in [-0.2, -0.15) is 0 Å². The van der Waals surface area contributed by atoms with Crippen molar-refractivity contribution in [1.82, 2.24) is 19.5 Å². The first-order valence-corrected chi connectivity index (χ1v) is 6.85. The molecule has 0 aromatic carbocycles. The van der Waals surface area contributed by atoms with Gasteiger partial charge in [-0.15, -0.1) is 0 Å². The van der Waals surface area contributed by atoms with Crippen LogP contribution in [-0.4, -0.2) is 41.9 Å². The van der Waals surface area contributed by atoms with Crippen LogP contribution >= 0.6 is 0 Å². The highest BCUT2D eigenvalue weighted by Crippen LogP contribution is 2.23. The standard InChI is InChI=1S/C14H14N6O4/c1-15-12-11-8(2-5-20(13(11)21)14(22,23)24)6-9(19-12)18-10-7-16-3-4-17-10/h2-7,22-24H,1H3,(H2,15,17,18,19). The van der Waals surface area contributed by atoms with Crippen LogP contribution in [0.25, 0.3) is 10.8 Å². The molecule has 0 saturated carbocycles. The predicted molar refractivity (Wildman–Crippen MR) is 85.5 cm³/mol. The Kier molecular flexibility index (Phi) is 3.85. The summed E-state index contributed by atoms with van der Waals surface area (Å²) >= 11 is 0. The van der Waals surface area contributed by atoms with E-state index in [9.17, 15) is 20.1 Å². The highest BCUT2D eigenvalue weighted by atomic mass is 16.7. The molecule has 0 fully saturated rings. The minimum Gasteiger partial charge on any atom is -0.372 e. The topological polar surface area (TPSA) is 145 Å². The van der Waals surface area contributed by atoms with E-state index in [0.29, 0.717) is 21.6 Å². The van der Waals surface area contributed by atoms with E-state index < -0.39 is 11.7 Å². The van der Waals surface area contributed by atoms with Gasteiger partial charge in [0.05, 0.1) is 11.6 Å². The average molecular weight is 330 g/mol. The molecule has 0 saturated heterocycles. The van der Waals surface area contributed by atoms with Crippen molar-refractivity contribution >= 4 is 28.2 Å². The van der Waals surface area contributed by atoms with E-state index in [0.717, 1.165) is 6.20 Å². The fraction of sp³-hybridized carbons (Fsp3) is 0.143. The number of aromatic nitrogens is 4. The second kappa shape index (κ2) is 5.85. The van der Waals surface area contributed by atoms with Crippen molar-refractivity contribution in [3.8, 4) is 0 Å². The van der Waals surface area contributed by atoms with E-state index in [4.69, 9.17) is 0 Å². The maximum atomic E-state index is 12.4. The van der Waals surface area contributed by atoms with Crippen LogP contribution in [0.2, 0.25) is 0 Å². The molecule has 10 heteroatoms. The molecule has 0 amide bonds. The summed E-state index contributed by atoms with van der Waals surface area (Å²) in [7, 11) is 1.56. The third-order valence-corrected chi connectivity index (χ3v) is 3.27. The lowest BCUT2D eigenvalue weighted by Gasteiger charge is -2.18. The summed E-state index contributed by atoms with van der Waals surface area (Å²) in [6, 6.07) is 3.03. The van der Waals surface area contributed by atoms with Gasteiger partial charge in [0, 0.05) is 25.6 Å². The number of rotatable bonds is 4. The highest BCUT2D eigenvalue weighted by Gasteiger charge is 2.24. The second-order valence-corrected chi connectivity index (χ2v) is 4.88. The normalized spacial score (nSPS) is 11.5. The molecule has 5 N–H and O–H groups in total. The Hall–Kier alpha value is -3.08. The van der Waals surface area contributed by atoms with Crippen molar-refractivity contribution in [3.63, 3.8) is 0 Å². The quantitative estimate of drug-likeness (QED) is 0.400. The Morgan fingerprint density at radius 3 is 2.62 bits per heavy atom. The summed E-state index contributed by atoms with van der Waals surface area (Å²) < 4.78 is 0.383. The summed E-state index contributed by atoms with van der Waals surface area (Å²) in [5, 5.41) is 34.0. The number of anilines is 3. The van der Waals surface area contributed by atoms with Crippen molar-refractivity contribution in [1.29, 1.82) is 0 Å². The van der Waals surface area contributed by atoms with Crippen LogP contribution in [0.1, 0.15) is 0 Å². The van der Waals surface area contributed by atoms with E-state index in [-0.39, 0.29) is 11.2 Å². The van der Waals surface area contributed by atoms with Crippen LogP contribution in [0.15, 0.2) is 41.7 Å². The first-order chi connectivity index (χ1) is 11.4. The van der Waals surface area contributed by atoms with Crippen LogP contribution < -0.4 is 16.2 Å². The van der Waals surface area contributed by atoms with Gasteiger partial charge in [-0.05, 0) is 17.5 Å². The molecule has 24 heavy (non-hydrogen) atoms. The van der Waals surface area contributed by atoms with Gasteiger partial charge in [-0.25, -0.2) is 14.5 Å². The Morgan fingerprint density at radius 1 is 1.21 bits per heavy atom. The zero-order valence-corrected chi connectivity index (χ0v) is 12.5. The predicted octanol–water partition coefficient (Wildman–Crippen LogP) is -0.484. The summed E-state index contributed by atoms with van der Waals surface area (Å²) in [6.07, 6.45) is 2.33. The highest BCUT2D eigenvalue weighted by molar-refractivity contribution is 5.93. The average Bonchev–Trinajstić information content (AvgIpc) is 2.54. The van der Waals surface area contributed by atoms with Crippen LogP contribution in [0, 0.1) is 0 Å². The van der Waals surface area contributed by atoms with Crippen molar-refractivity contribution < 1.29 is 15.3 Å². The van der Waals surface area contributed by atoms with Gasteiger partial charge in [0.15, 0.2) is 0 Å². The second-order valence-electron chi connectivity index (χ2n) is 4.88. The Bertz CT molecular complexity index is 936. The first kappa shape index (κ1) is 15.8. The number of fused-ring (bicyclic) bond motifs is 1. The molecule has 124 valence electrons. The molecular formula is C14H14N6O4. The van der Waals surface area contributed by atoms with Gasteiger partial charge in [0.25, 0.3) is 5.56 Å². The summed E-state index contributed by atoms with van der Waals surface area (Å²) in [5.74, 6) is 1.08. The fourth-order valence-corrected chi connectivity index (χ4v) is 2.24. The van der Waals surface area contributed by atoms with Gasteiger partial charge in [0.1, 0.15) is 17.5 Å². The lowest BCUT2D eigenvalue weighted by molar-refractivity contribution is -0.376. The zero-order chi connectivity index (χ0) is 17.3. The van der Waals surface area contributed by atoms with Crippen molar-refractivity contribution in [2.45, 2.75) is 6.10 Å². The SMILES string of the molecule is CNc1nc(Nc2cnccn2)cc2ccn(C(O)(O)O)c(=O)c12. The van der Waals surface area contributed by atoms with Crippen molar-refractivity contribution in [2.75, 3.05) is 17.7 Å². The first-order valence-electron chi connectivity index (χ1n) is 6.85. The van der Waals surface area contributed by atoms with E-state index >= 15 is 0 Å². The zero-order valence-electron chi connectivity index (χ0n) is 12.5. The van der Waals surface area contributed by atoms with E-state index in [1.165, 1.54) is 24.7 Å². The summed E-state index contributed by atoms with van der Waals surface area (Å²) in [5.41, 5.74) is -0.817. The molecule has 3 aromatic rings. The molecule has 0 aliphatic heterocycles. The van der Waals surface area contributed by atoms with Crippen LogP contribution in [0.4, 0.5) is 17.5 Å². The molecule has 3 aromatic heterocycles. The minimum absolute atomic E-state index is 0.0891. The largest absolute Gasteiger partial charge is 0.376 e. The van der Waals surface area contributed by atoms with Gasteiger partial charge in [-0.3, -0.25) is 9.78 Å². The molecule has 0 bridgehead atoms. The Morgan fingerprint density at radius 2 is 2.00 bits per heavy atom. The number of hydrogen-bond acceptors (Lipinski definition) is 9. The van der Waals surface area contributed by atoms with Gasteiger partial charge in [0.2, 0.25) is 0 Å². The molecule has 0 spiro atoms. The number of aliphatic hydroxyl groups is 3. The molecule has 0 radical (unpaired) electrons. The molecule has 10 nitrogen and oxygen atoms in total. The van der Waals surface area contributed by atoms with Crippen LogP contribution in [-0.2, 0) is 6.10 Å². The maximum Gasteiger partial charge on any atom is 0.376 e. The number of hydrogen-bond donors (Lipinski definition) is 5. The van der Waals surface area contributed by atoms with E-state index in [1.54, 1.807) is 13.1 Å². The van der Waals surface area contributed by atoms with E-state index in [1.807, 2.05) is 0 Å². The maximum absolute atomic E-state index is 12.4. The summed E-state index contributed by atoms with van der Waals surface area (Å²) in [6.45, 7) is 0. The minimum atomic E-state index is -3.30. The van der Waals surface area contributed by atoms with Gasteiger partial charge >= 0.3 is 6.10 Å². The molecule has 3 heterocycles. The number of nitrogens with one attached hydrogen (secondary N) is 2. The Balaban J connectivity index is 2.16.